The molecule has 0 rings (SSSR count). The van der Waals surface area contributed by atoms with Crippen LogP contribution in [0.2, 0.25) is 0 Å². The van der Waals surface area contributed by atoms with Gasteiger partial charge in [0.15, 0.2) is 6.10 Å². The van der Waals surface area contributed by atoms with Gasteiger partial charge in [0.05, 0.1) is 0 Å². The minimum absolute atomic E-state index is 0.0896. The Kier molecular flexibility index (Phi) is 11.3. The lowest BCUT2D eigenvalue weighted by atomic mass is 10.2. The Bertz CT molecular complexity index is 326. The van der Waals surface area contributed by atoms with Crippen molar-refractivity contribution < 1.29 is 28.6 Å². The Morgan fingerprint density at radius 2 is 1.38 bits per heavy atom. The molecule has 0 radical (unpaired) electrons. The third-order valence-corrected chi connectivity index (χ3v) is 2.72. The second-order valence-electron chi connectivity index (χ2n) is 4.64. The summed E-state index contributed by atoms with van der Waals surface area (Å²) < 4.78 is 15.1. The highest BCUT2D eigenvalue weighted by atomic mass is 16.6. The normalized spacial score (nSPS) is 11.6. The number of carbonyl (C=O) groups excluding carboxylic acids is 3. The van der Waals surface area contributed by atoms with E-state index in [0.29, 0.717) is 6.42 Å². The molecule has 0 fully saturated rings. The quantitative estimate of drug-likeness (QED) is 0.331. The number of hydrogen-bond donors (Lipinski definition) is 0. The van der Waals surface area contributed by atoms with Gasteiger partial charge in [-0.3, -0.25) is 14.4 Å². The van der Waals surface area contributed by atoms with Crippen LogP contribution in [0, 0.1) is 0 Å². The molecule has 6 heteroatoms. The van der Waals surface area contributed by atoms with E-state index in [1.165, 1.54) is 0 Å². The number of ether oxygens (including phenoxy) is 3. The van der Waals surface area contributed by atoms with Crippen LogP contribution in [0.25, 0.3) is 0 Å². The summed E-state index contributed by atoms with van der Waals surface area (Å²) in [6.07, 6.45) is 2.82. The second-order valence-corrected chi connectivity index (χ2v) is 4.64. The zero-order chi connectivity index (χ0) is 16.1. The van der Waals surface area contributed by atoms with E-state index >= 15 is 0 Å². The minimum Gasteiger partial charge on any atom is -0.462 e. The van der Waals surface area contributed by atoms with Crippen molar-refractivity contribution in [3.8, 4) is 0 Å². The summed E-state index contributed by atoms with van der Waals surface area (Å²) in [5, 5.41) is 0. The van der Waals surface area contributed by atoms with Crippen LogP contribution < -0.4 is 0 Å². The van der Waals surface area contributed by atoms with Crippen LogP contribution in [0.5, 0.6) is 0 Å². The molecule has 1 unspecified atom stereocenters. The van der Waals surface area contributed by atoms with Crippen molar-refractivity contribution in [2.75, 3.05) is 13.2 Å². The number of unbranched alkanes of at least 4 members (excludes halogenated alkanes) is 2. The standard InChI is InChI=1S/C15H26O6/c1-4-7-8-9-15(18)20-11-12(21-14(17)6-3)10-19-13(16)5-2/h12H,4-11H2,1-3H3. The summed E-state index contributed by atoms with van der Waals surface area (Å²) in [5.74, 6) is -1.14. The molecule has 0 aliphatic heterocycles. The van der Waals surface area contributed by atoms with Crippen molar-refractivity contribution >= 4 is 17.9 Å². The van der Waals surface area contributed by atoms with Gasteiger partial charge in [0.1, 0.15) is 13.2 Å². The fraction of sp³-hybridized carbons (Fsp3) is 0.800. The summed E-state index contributed by atoms with van der Waals surface area (Å²) in [5.41, 5.74) is 0. The third-order valence-electron chi connectivity index (χ3n) is 2.72. The van der Waals surface area contributed by atoms with Gasteiger partial charge in [-0.1, -0.05) is 33.6 Å². The highest BCUT2D eigenvalue weighted by molar-refractivity contribution is 5.70. The van der Waals surface area contributed by atoms with Crippen LogP contribution in [0.15, 0.2) is 0 Å². The van der Waals surface area contributed by atoms with E-state index in [1.54, 1.807) is 13.8 Å². The molecule has 0 aliphatic carbocycles. The molecule has 0 heterocycles. The van der Waals surface area contributed by atoms with Crippen LogP contribution in [-0.4, -0.2) is 37.2 Å². The summed E-state index contributed by atoms with van der Waals surface area (Å²) in [6.45, 7) is 5.19. The molecule has 0 spiro atoms. The Morgan fingerprint density at radius 3 is 1.90 bits per heavy atom. The van der Waals surface area contributed by atoms with Crippen LogP contribution in [0.4, 0.5) is 0 Å². The van der Waals surface area contributed by atoms with Gasteiger partial charge in [0.2, 0.25) is 0 Å². The molecule has 0 aromatic heterocycles. The fourth-order valence-electron chi connectivity index (χ4n) is 1.45. The van der Waals surface area contributed by atoms with E-state index in [9.17, 15) is 14.4 Å². The first-order chi connectivity index (χ1) is 10.0. The van der Waals surface area contributed by atoms with Gasteiger partial charge in [-0.05, 0) is 6.42 Å². The maximum absolute atomic E-state index is 11.5. The van der Waals surface area contributed by atoms with E-state index in [1.807, 2.05) is 6.92 Å². The lowest BCUT2D eigenvalue weighted by Crippen LogP contribution is -2.30. The van der Waals surface area contributed by atoms with Gasteiger partial charge in [0, 0.05) is 19.3 Å². The van der Waals surface area contributed by atoms with Crippen LogP contribution in [0.3, 0.4) is 0 Å². The molecule has 0 bridgehead atoms. The van der Waals surface area contributed by atoms with Gasteiger partial charge in [-0.2, -0.15) is 0 Å². The van der Waals surface area contributed by atoms with Crippen molar-refractivity contribution in [1.29, 1.82) is 0 Å². The van der Waals surface area contributed by atoms with Crippen LogP contribution in [-0.2, 0) is 28.6 Å². The summed E-state index contributed by atoms with van der Waals surface area (Å²) >= 11 is 0. The molecular formula is C15H26O6. The zero-order valence-electron chi connectivity index (χ0n) is 13.2. The number of carbonyl (C=O) groups is 3. The van der Waals surface area contributed by atoms with E-state index in [-0.39, 0.29) is 38.0 Å². The van der Waals surface area contributed by atoms with Crippen LogP contribution in [0.1, 0.15) is 59.3 Å². The SMILES string of the molecule is CCCCCC(=O)OCC(COC(=O)CC)OC(=O)CC. The molecule has 0 saturated heterocycles. The Labute approximate surface area is 126 Å². The first kappa shape index (κ1) is 19.4. The predicted octanol–water partition coefficient (Wildman–Crippen LogP) is 2.38. The van der Waals surface area contributed by atoms with Gasteiger partial charge < -0.3 is 14.2 Å². The van der Waals surface area contributed by atoms with Gasteiger partial charge in [-0.25, -0.2) is 0 Å². The molecule has 0 aromatic rings. The molecule has 0 aliphatic rings. The Balaban J connectivity index is 4.16. The minimum atomic E-state index is -0.747. The van der Waals surface area contributed by atoms with E-state index in [4.69, 9.17) is 14.2 Å². The Morgan fingerprint density at radius 1 is 0.810 bits per heavy atom. The smallest absolute Gasteiger partial charge is 0.306 e. The second kappa shape index (κ2) is 12.2. The lowest BCUT2D eigenvalue weighted by molar-refractivity contribution is -0.166. The summed E-state index contributed by atoms with van der Waals surface area (Å²) in [6, 6.07) is 0. The number of rotatable bonds is 11. The molecule has 122 valence electrons. The maximum atomic E-state index is 11.5. The topological polar surface area (TPSA) is 78.9 Å². The predicted molar refractivity (Wildman–Crippen MR) is 76.5 cm³/mol. The van der Waals surface area contributed by atoms with Crippen LogP contribution >= 0.6 is 0 Å². The van der Waals surface area contributed by atoms with Crippen molar-refractivity contribution in [3.63, 3.8) is 0 Å². The van der Waals surface area contributed by atoms with Gasteiger partial charge in [0.25, 0.3) is 0 Å². The molecular weight excluding hydrogens is 276 g/mol. The molecule has 1 atom stereocenters. The molecule has 0 amide bonds. The van der Waals surface area contributed by atoms with E-state index in [0.717, 1.165) is 19.3 Å². The van der Waals surface area contributed by atoms with Gasteiger partial charge >= 0.3 is 17.9 Å². The average Bonchev–Trinajstić information content (AvgIpc) is 2.49. The summed E-state index contributed by atoms with van der Waals surface area (Å²) in [7, 11) is 0. The fourth-order valence-corrected chi connectivity index (χ4v) is 1.45. The summed E-state index contributed by atoms with van der Waals surface area (Å²) in [4.78, 5) is 33.9. The first-order valence-corrected chi connectivity index (χ1v) is 7.54. The monoisotopic (exact) mass is 302 g/mol. The van der Waals surface area contributed by atoms with Gasteiger partial charge in [-0.15, -0.1) is 0 Å². The zero-order valence-corrected chi connectivity index (χ0v) is 13.2. The lowest BCUT2D eigenvalue weighted by Gasteiger charge is -2.17. The number of esters is 3. The van der Waals surface area contributed by atoms with Crippen molar-refractivity contribution in [2.24, 2.45) is 0 Å². The van der Waals surface area contributed by atoms with E-state index < -0.39 is 12.1 Å². The molecule has 0 saturated carbocycles. The molecule has 0 aromatic carbocycles. The largest absolute Gasteiger partial charge is 0.462 e. The number of hydrogen-bond acceptors (Lipinski definition) is 6. The molecule has 0 N–H and O–H groups in total. The molecule has 6 nitrogen and oxygen atoms in total. The van der Waals surface area contributed by atoms with Crippen molar-refractivity contribution in [2.45, 2.75) is 65.4 Å². The highest BCUT2D eigenvalue weighted by Gasteiger charge is 2.18. The third kappa shape index (κ3) is 10.8. The van der Waals surface area contributed by atoms with Crippen molar-refractivity contribution in [3.05, 3.63) is 0 Å². The Hall–Kier alpha value is -1.59. The average molecular weight is 302 g/mol. The maximum Gasteiger partial charge on any atom is 0.306 e. The van der Waals surface area contributed by atoms with E-state index in [2.05, 4.69) is 0 Å². The molecule has 21 heavy (non-hydrogen) atoms. The first-order valence-electron chi connectivity index (χ1n) is 7.54. The van der Waals surface area contributed by atoms with Crippen molar-refractivity contribution in [1.82, 2.24) is 0 Å². The highest BCUT2D eigenvalue weighted by Crippen LogP contribution is 2.04.